The molecule has 0 bridgehead atoms. The highest BCUT2D eigenvalue weighted by Crippen LogP contribution is 2.39. The molecule has 0 aliphatic rings. The second kappa shape index (κ2) is 5.93. The van der Waals surface area contributed by atoms with Crippen LogP contribution in [0.2, 0.25) is 5.02 Å². The van der Waals surface area contributed by atoms with Crippen molar-refractivity contribution in [3.8, 4) is 5.75 Å². The van der Waals surface area contributed by atoms with Gasteiger partial charge in [0.15, 0.2) is 0 Å². The van der Waals surface area contributed by atoms with Crippen LogP contribution in [0.3, 0.4) is 0 Å². The quantitative estimate of drug-likeness (QED) is 0.623. The van der Waals surface area contributed by atoms with Gasteiger partial charge in [0.05, 0.1) is 11.8 Å². The number of anilines is 2. The molecule has 0 N–H and O–H groups in total. The number of fused-ring (bicyclic) bond motifs is 1. The predicted molar refractivity (Wildman–Crippen MR) is 91.5 cm³/mol. The summed E-state index contributed by atoms with van der Waals surface area (Å²) < 4.78 is 11.6. The van der Waals surface area contributed by atoms with Crippen LogP contribution in [0.4, 0.5) is 11.6 Å². The van der Waals surface area contributed by atoms with Gasteiger partial charge in [0, 0.05) is 22.8 Å². The summed E-state index contributed by atoms with van der Waals surface area (Å²) in [5, 5.41) is 2.78. The number of nitrogens with zero attached hydrogens (tertiary/aromatic N) is 1. The lowest BCUT2D eigenvalue weighted by Crippen LogP contribution is -2.13. The number of rotatable bonds is 4. The maximum Gasteiger partial charge on any atom is 0.207 e. The topological polar surface area (TPSA) is 25.6 Å². The van der Waals surface area contributed by atoms with Gasteiger partial charge in [0.1, 0.15) is 12.0 Å². The summed E-state index contributed by atoms with van der Waals surface area (Å²) in [7, 11) is 1.95. The normalized spacial score (nSPS) is 11.1. The highest BCUT2D eigenvalue weighted by Gasteiger charge is 2.17. The van der Waals surface area contributed by atoms with Crippen molar-refractivity contribution >= 4 is 33.9 Å². The summed E-state index contributed by atoms with van der Waals surface area (Å²) in [6, 6.07) is 13.7. The van der Waals surface area contributed by atoms with Crippen LogP contribution in [0.5, 0.6) is 5.75 Å². The summed E-state index contributed by atoms with van der Waals surface area (Å²) >= 11 is 6.16. The lowest BCUT2D eigenvalue weighted by atomic mass is 10.2. The molecule has 0 unspecified atom stereocenters. The zero-order valence-corrected chi connectivity index (χ0v) is 13.6. The number of hydrogen-bond donors (Lipinski definition) is 0. The Labute approximate surface area is 135 Å². The highest BCUT2D eigenvalue weighted by atomic mass is 35.5. The minimum atomic E-state index is 0.0849. The van der Waals surface area contributed by atoms with Gasteiger partial charge in [-0.3, -0.25) is 0 Å². The first kappa shape index (κ1) is 14.8. The van der Waals surface area contributed by atoms with Gasteiger partial charge in [0.25, 0.3) is 0 Å². The van der Waals surface area contributed by atoms with Crippen LogP contribution in [0.15, 0.2) is 53.1 Å². The van der Waals surface area contributed by atoms with Gasteiger partial charge < -0.3 is 14.1 Å². The number of halogens is 1. The standard InChI is InChI=1S/C18H18ClNO2/c1-12(2)22-17-9-8-14(19)10-16(17)20(3)18-15-7-5-4-6-13(15)11-21-18/h4-12H,1-3H3. The Hall–Kier alpha value is -2.13. The summed E-state index contributed by atoms with van der Waals surface area (Å²) in [6.45, 7) is 4.00. The van der Waals surface area contributed by atoms with Crippen LogP contribution < -0.4 is 9.64 Å². The second-order valence-corrected chi connectivity index (χ2v) is 5.90. The molecule has 0 aliphatic heterocycles. The molecule has 0 fully saturated rings. The maximum atomic E-state index is 6.16. The Morgan fingerprint density at radius 1 is 1.14 bits per heavy atom. The van der Waals surface area contributed by atoms with Crippen LogP contribution in [0.1, 0.15) is 13.8 Å². The van der Waals surface area contributed by atoms with Crippen molar-refractivity contribution in [2.24, 2.45) is 0 Å². The molecule has 114 valence electrons. The molecule has 0 amide bonds. The molecule has 2 aromatic carbocycles. The Bertz CT molecular complexity index is 795. The van der Waals surface area contributed by atoms with Gasteiger partial charge in [-0.05, 0) is 38.1 Å². The van der Waals surface area contributed by atoms with E-state index < -0.39 is 0 Å². The molecule has 22 heavy (non-hydrogen) atoms. The van der Waals surface area contributed by atoms with E-state index in [1.807, 2.05) is 68.3 Å². The predicted octanol–water partition coefficient (Wildman–Crippen LogP) is 5.64. The summed E-state index contributed by atoms with van der Waals surface area (Å²) in [6.07, 6.45) is 1.84. The Morgan fingerprint density at radius 3 is 2.68 bits per heavy atom. The van der Waals surface area contributed by atoms with E-state index in [0.29, 0.717) is 5.02 Å². The highest BCUT2D eigenvalue weighted by molar-refractivity contribution is 6.31. The van der Waals surface area contributed by atoms with E-state index in [4.69, 9.17) is 20.8 Å². The van der Waals surface area contributed by atoms with E-state index in [0.717, 1.165) is 28.1 Å². The van der Waals surface area contributed by atoms with Crippen LogP contribution in [0.25, 0.3) is 10.8 Å². The minimum Gasteiger partial charge on any atom is -0.489 e. The van der Waals surface area contributed by atoms with E-state index in [1.54, 1.807) is 6.26 Å². The van der Waals surface area contributed by atoms with Gasteiger partial charge in [-0.25, -0.2) is 0 Å². The molecule has 3 nitrogen and oxygen atoms in total. The minimum absolute atomic E-state index is 0.0849. The van der Waals surface area contributed by atoms with Gasteiger partial charge in [-0.15, -0.1) is 0 Å². The molecule has 0 atom stereocenters. The average molecular weight is 316 g/mol. The smallest absolute Gasteiger partial charge is 0.207 e. The summed E-state index contributed by atoms with van der Waals surface area (Å²) in [5.74, 6) is 1.55. The first-order valence-electron chi connectivity index (χ1n) is 7.22. The van der Waals surface area contributed by atoms with E-state index >= 15 is 0 Å². The molecule has 1 heterocycles. The Balaban J connectivity index is 2.08. The van der Waals surface area contributed by atoms with Crippen LogP contribution in [-0.4, -0.2) is 13.2 Å². The first-order chi connectivity index (χ1) is 10.6. The largest absolute Gasteiger partial charge is 0.489 e. The van der Waals surface area contributed by atoms with Crippen molar-refractivity contribution in [3.63, 3.8) is 0 Å². The van der Waals surface area contributed by atoms with Gasteiger partial charge in [-0.1, -0.05) is 29.8 Å². The number of ether oxygens (including phenoxy) is 1. The molecule has 0 saturated heterocycles. The van der Waals surface area contributed by atoms with Gasteiger partial charge in [-0.2, -0.15) is 0 Å². The fraction of sp³-hybridized carbons (Fsp3) is 0.222. The van der Waals surface area contributed by atoms with Crippen LogP contribution >= 0.6 is 11.6 Å². The number of furan rings is 1. The summed E-state index contributed by atoms with van der Waals surface area (Å²) in [5.41, 5.74) is 0.876. The Kier molecular flexibility index (Phi) is 3.99. The third kappa shape index (κ3) is 2.77. The fourth-order valence-electron chi connectivity index (χ4n) is 2.45. The lowest BCUT2D eigenvalue weighted by Gasteiger charge is -2.22. The summed E-state index contributed by atoms with van der Waals surface area (Å²) in [4.78, 5) is 1.96. The zero-order chi connectivity index (χ0) is 15.7. The molecular weight excluding hydrogens is 298 g/mol. The third-order valence-corrected chi connectivity index (χ3v) is 3.67. The average Bonchev–Trinajstić information content (AvgIpc) is 2.92. The second-order valence-electron chi connectivity index (χ2n) is 5.47. The van der Waals surface area contributed by atoms with Crippen molar-refractivity contribution in [3.05, 3.63) is 53.8 Å². The van der Waals surface area contributed by atoms with Crippen molar-refractivity contribution in [1.82, 2.24) is 0 Å². The molecule has 0 radical (unpaired) electrons. The van der Waals surface area contributed by atoms with Crippen molar-refractivity contribution < 1.29 is 9.15 Å². The molecule has 0 saturated carbocycles. The zero-order valence-electron chi connectivity index (χ0n) is 12.8. The lowest BCUT2D eigenvalue weighted by molar-refractivity contribution is 0.243. The SMILES string of the molecule is CC(C)Oc1ccc(Cl)cc1N(C)c1occ2ccccc12. The number of benzene rings is 2. The van der Waals surface area contributed by atoms with E-state index in [1.165, 1.54) is 0 Å². The van der Waals surface area contributed by atoms with Gasteiger partial charge >= 0.3 is 0 Å². The van der Waals surface area contributed by atoms with Crippen molar-refractivity contribution in [2.75, 3.05) is 11.9 Å². The van der Waals surface area contributed by atoms with E-state index in [2.05, 4.69) is 0 Å². The Morgan fingerprint density at radius 2 is 1.91 bits per heavy atom. The van der Waals surface area contributed by atoms with Crippen molar-refractivity contribution in [2.45, 2.75) is 20.0 Å². The van der Waals surface area contributed by atoms with E-state index in [-0.39, 0.29) is 6.10 Å². The van der Waals surface area contributed by atoms with Crippen LogP contribution in [0, 0.1) is 0 Å². The molecule has 0 spiro atoms. The third-order valence-electron chi connectivity index (χ3n) is 3.44. The molecule has 0 aliphatic carbocycles. The van der Waals surface area contributed by atoms with Crippen molar-refractivity contribution in [1.29, 1.82) is 0 Å². The maximum absolute atomic E-state index is 6.16. The van der Waals surface area contributed by atoms with Gasteiger partial charge in [0.2, 0.25) is 5.88 Å². The molecule has 4 heteroatoms. The van der Waals surface area contributed by atoms with E-state index in [9.17, 15) is 0 Å². The fourth-order valence-corrected chi connectivity index (χ4v) is 2.62. The molecule has 3 aromatic rings. The number of hydrogen-bond acceptors (Lipinski definition) is 3. The van der Waals surface area contributed by atoms with Crippen LogP contribution in [-0.2, 0) is 0 Å². The molecular formula is C18H18ClNO2. The molecule has 1 aromatic heterocycles. The molecule has 3 rings (SSSR count). The monoisotopic (exact) mass is 315 g/mol. The first-order valence-corrected chi connectivity index (χ1v) is 7.60.